The zero-order valence-electron chi connectivity index (χ0n) is 11.9. The number of nitrogens with one attached hydrogen (secondary N) is 1. The predicted molar refractivity (Wildman–Crippen MR) is 78.4 cm³/mol. The van der Waals surface area contributed by atoms with Crippen LogP contribution in [0.15, 0.2) is 0 Å². The van der Waals surface area contributed by atoms with Crippen LogP contribution < -0.4 is 5.32 Å². The van der Waals surface area contributed by atoms with E-state index in [0.717, 1.165) is 25.7 Å². The molecule has 1 saturated carbocycles. The number of carboxylic acids is 1. The lowest BCUT2D eigenvalue weighted by atomic mass is 9.71. The van der Waals surface area contributed by atoms with Crippen molar-refractivity contribution in [2.45, 2.75) is 57.6 Å². The summed E-state index contributed by atoms with van der Waals surface area (Å²) < 4.78 is 0. The fourth-order valence-electron chi connectivity index (χ4n) is 2.62. The monoisotopic (exact) mass is 287 g/mol. The van der Waals surface area contributed by atoms with E-state index in [2.05, 4.69) is 19.2 Å². The number of aliphatic carboxylic acids is 1. The van der Waals surface area contributed by atoms with Crippen molar-refractivity contribution < 1.29 is 14.7 Å². The third-order valence-electron chi connectivity index (χ3n) is 3.65. The Morgan fingerprint density at radius 2 is 1.89 bits per heavy atom. The molecule has 0 aromatic rings. The molecule has 0 unspecified atom stereocenters. The maximum atomic E-state index is 11.7. The minimum absolute atomic E-state index is 0.0223. The summed E-state index contributed by atoms with van der Waals surface area (Å²) in [7, 11) is 0. The first kappa shape index (κ1) is 16.3. The van der Waals surface area contributed by atoms with Gasteiger partial charge in [0.2, 0.25) is 5.91 Å². The van der Waals surface area contributed by atoms with Gasteiger partial charge in [0.1, 0.15) is 0 Å². The standard InChI is InChI=1S/C14H25NO3S/c1-11(2)19-9-12(16)15-10-14(8-13(17)18)6-4-3-5-7-14/h11H,3-10H2,1-2H3,(H,15,16)(H,17,18). The fraction of sp³-hybridized carbons (Fsp3) is 0.857. The van der Waals surface area contributed by atoms with E-state index in [0.29, 0.717) is 17.5 Å². The van der Waals surface area contributed by atoms with Crippen LogP contribution in [0.5, 0.6) is 0 Å². The molecule has 0 aliphatic heterocycles. The summed E-state index contributed by atoms with van der Waals surface area (Å²) >= 11 is 1.61. The first-order valence-electron chi connectivity index (χ1n) is 7.04. The van der Waals surface area contributed by atoms with Crippen molar-refractivity contribution in [3.63, 3.8) is 0 Å². The number of hydrogen-bond acceptors (Lipinski definition) is 3. The van der Waals surface area contributed by atoms with Crippen molar-refractivity contribution in [2.24, 2.45) is 5.41 Å². The quantitative estimate of drug-likeness (QED) is 0.755. The van der Waals surface area contributed by atoms with E-state index < -0.39 is 5.97 Å². The lowest BCUT2D eigenvalue weighted by molar-refractivity contribution is -0.140. The van der Waals surface area contributed by atoms with Crippen LogP contribution in [0, 0.1) is 5.41 Å². The Balaban J connectivity index is 2.44. The van der Waals surface area contributed by atoms with Crippen LogP contribution in [-0.4, -0.2) is 34.5 Å². The van der Waals surface area contributed by atoms with E-state index in [1.807, 2.05) is 0 Å². The van der Waals surface area contributed by atoms with Gasteiger partial charge in [-0.05, 0) is 23.5 Å². The topological polar surface area (TPSA) is 66.4 Å². The van der Waals surface area contributed by atoms with Crippen molar-refractivity contribution in [1.82, 2.24) is 5.32 Å². The number of amides is 1. The highest BCUT2D eigenvalue weighted by atomic mass is 32.2. The molecule has 19 heavy (non-hydrogen) atoms. The van der Waals surface area contributed by atoms with Crippen LogP contribution >= 0.6 is 11.8 Å². The highest BCUT2D eigenvalue weighted by Crippen LogP contribution is 2.38. The predicted octanol–water partition coefficient (Wildman–Crippen LogP) is 2.67. The molecule has 110 valence electrons. The third-order valence-corrected chi connectivity index (χ3v) is 4.74. The molecule has 1 fully saturated rings. The summed E-state index contributed by atoms with van der Waals surface area (Å²) in [5, 5.41) is 12.4. The van der Waals surface area contributed by atoms with Gasteiger partial charge in [0, 0.05) is 6.54 Å². The van der Waals surface area contributed by atoms with Crippen LogP contribution in [0.3, 0.4) is 0 Å². The minimum atomic E-state index is -0.757. The average Bonchev–Trinajstić information content (AvgIpc) is 2.34. The van der Waals surface area contributed by atoms with E-state index in [1.54, 1.807) is 11.8 Å². The molecule has 0 radical (unpaired) electrons. The zero-order chi connectivity index (χ0) is 14.3. The Morgan fingerprint density at radius 1 is 1.26 bits per heavy atom. The van der Waals surface area contributed by atoms with Gasteiger partial charge in [-0.15, -0.1) is 11.8 Å². The van der Waals surface area contributed by atoms with Gasteiger partial charge in [-0.1, -0.05) is 33.1 Å². The smallest absolute Gasteiger partial charge is 0.303 e. The van der Waals surface area contributed by atoms with Crippen LogP contribution in [0.2, 0.25) is 0 Å². The molecule has 1 aliphatic rings. The first-order chi connectivity index (χ1) is 8.93. The van der Waals surface area contributed by atoms with Crippen molar-refractivity contribution in [3.05, 3.63) is 0 Å². The van der Waals surface area contributed by atoms with Crippen LogP contribution in [0.1, 0.15) is 52.4 Å². The Hall–Kier alpha value is -0.710. The summed E-state index contributed by atoms with van der Waals surface area (Å²) in [5.74, 6) is -0.275. The second-order valence-corrected chi connectivity index (χ2v) is 7.33. The summed E-state index contributed by atoms with van der Waals surface area (Å²) in [6.45, 7) is 4.63. The van der Waals surface area contributed by atoms with Gasteiger partial charge in [0.25, 0.3) is 0 Å². The maximum Gasteiger partial charge on any atom is 0.303 e. The summed E-state index contributed by atoms with van der Waals surface area (Å²) in [4.78, 5) is 22.8. The number of thioether (sulfide) groups is 1. The summed E-state index contributed by atoms with van der Waals surface area (Å²) in [6.07, 6.45) is 5.32. The minimum Gasteiger partial charge on any atom is -0.481 e. The SMILES string of the molecule is CC(C)SCC(=O)NCC1(CC(=O)O)CCCCC1. The van der Waals surface area contributed by atoms with Crippen molar-refractivity contribution in [3.8, 4) is 0 Å². The molecule has 4 nitrogen and oxygen atoms in total. The molecule has 0 atom stereocenters. The highest BCUT2D eigenvalue weighted by Gasteiger charge is 2.34. The molecule has 0 saturated heterocycles. The third kappa shape index (κ3) is 6.32. The molecule has 1 rings (SSSR count). The summed E-state index contributed by atoms with van der Waals surface area (Å²) in [5.41, 5.74) is -0.220. The molecular weight excluding hydrogens is 262 g/mol. The maximum absolute atomic E-state index is 11.7. The van der Waals surface area contributed by atoms with Crippen molar-refractivity contribution >= 4 is 23.6 Å². The van der Waals surface area contributed by atoms with Gasteiger partial charge < -0.3 is 10.4 Å². The number of carbonyl (C=O) groups is 2. The fourth-order valence-corrected chi connectivity index (χ4v) is 3.20. The van der Waals surface area contributed by atoms with E-state index >= 15 is 0 Å². The van der Waals surface area contributed by atoms with Crippen LogP contribution in [-0.2, 0) is 9.59 Å². The molecule has 0 heterocycles. The van der Waals surface area contributed by atoms with Crippen molar-refractivity contribution in [2.75, 3.05) is 12.3 Å². The molecule has 0 bridgehead atoms. The molecule has 5 heteroatoms. The molecule has 0 aromatic heterocycles. The van der Waals surface area contributed by atoms with Crippen LogP contribution in [0.4, 0.5) is 0 Å². The lowest BCUT2D eigenvalue weighted by Crippen LogP contribution is -2.41. The van der Waals surface area contributed by atoms with Crippen LogP contribution in [0.25, 0.3) is 0 Å². The van der Waals surface area contributed by atoms with Gasteiger partial charge in [-0.2, -0.15) is 0 Å². The van der Waals surface area contributed by atoms with E-state index in [9.17, 15) is 9.59 Å². The lowest BCUT2D eigenvalue weighted by Gasteiger charge is -2.36. The summed E-state index contributed by atoms with van der Waals surface area (Å²) in [6, 6.07) is 0. The Labute approximate surface area is 119 Å². The number of hydrogen-bond donors (Lipinski definition) is 2. The zero-order valence-corrected chi connectivity index (χ0v) is 12.7. The van der Waals surface area contributed by atoms with E-state index in [1.165, 1.54) is 6.42 Å². The average molecular weight is 287 g/mol. The molecular formula is C14H25NO3S. The first-order valence-corrected chi connectivity index (χ1v) is 8.08. The second-order valence-electron chi connectivity index (χ2n) is 5.77. The second kappa shape index (κ2) is 7.78. The Kier molecular flexibility index (Phi) is 6.69. The Bertz CT molecular complexity index is 312. The van der Waals surface area contributed by atoms with Gasteiger partial charge >= 0.3 is 5.97 Å². The van der Waals surface area contributed by atoms with Crippen molar-refractivity contribution in [1.29, 1.82) is 0 Å². The van der Waals surface area contributed by atoms with Gasteiger partial charge in [0.15, 0.2) is 0 Å². The van der Waals surface area contributed by atoms with Gasteiger partial charge in [-0.25, -0.2) is 0 Å². The van der Waals surface area contributed by atoms with E-state index in [4.69, 9.17) is 5.11 Å². The van der Waals surface area contributed by atoms with Gasteiger partial charge in [-0.3, -0.25) is 9.59 Å². The molecule has 1 aliphatic carbocycles. The highest BCUT2D eigenvalue weighted by molar-refractivity contribution is 8.00. The molecule has 0 aromatic carbocycles. The number of carbonyl (C=O) groups excluding carboxylic acids is 1. The number of carboxylic acid groups (broad SMARTS) is 1. The largest absolute Gasteiger partial charge is 0.481 e. The Morgan fingerprint density at radius 3 is 2.42 bits per heavy atom. The molecule has 1 amide bonds. The van der Waals surface area contributed by atoms with E-state index in [-0.39, 0.29) is 17.7 Å². The molecule has 0 spiro atoms. The van der Waals surface area contributed by atoms with Gasteiger partial charge in [0.05, 0.1) is 12.2 Å². The number of rotatable bonds is 7. The molecule has 2 N–H and O–H groups in total. The normalized spacial score (nSPS) is 18.3.